The first-order valence-electron chi connectivity index (χ1n) is 6.49. The topological polar surface area (TPSA) is 82.3 Å². The highest BCUT2D eigenvalue weighted by Gasteiger charge is 2.09. The molecule has 1 aromatic carbocycles. The molecule has 3 N–H and O–H groups in total. The van der Waals surface area contributed by atoms with Crippen molar-refractivity contribution in [1.29, 1.82) is 0 Å². The monoisotopic (exact) mass is 268 g/mol. The van der Waals surface area contributed by atoms with Gasteiger partial charge in [-0.1, -0.05) is 30.3 Å². The Morgan fingerprint density at radius 2 is 1.95 bits per heavy atom. The molecule has 2 heterocycles. The number of aromatic nitrogens is 5. The summed E-state index contributed by atoms with van der Waals surface area (Å²) in [7, 11) is 0. The zero-order valence-electron chi connectivity index (χ0n) is 11.2. The van der Waals surface area contributed by atoms with Crippen LogP contribution in [-0.2, 0) is 13.1 Å². The second kappa shape index (κ2) is 5.66. The Labute approximate surface area is 116 Å². The van der Waals surface area contributed by atoms with Gasteiger partial charge in [0.25, 0.3) is 0 Å². The second-order valence-electron chi connectivity index (χ2n) is 4.61. The second-order valence-corrected chi connectivity index (χ2v) is 4.61. The molecule has 0 aliphatic heterocycles. The van der Waals surface area contributed by atoms with Crippen molar-refractivity contribution < 1.29 is 0 Å². The minimum absolute atomic E-state index is 0.658. The van der Waals surface area contributed by atoms with Crippen LogP contribution in [0.15, 0.2) is 36.5 Å². The van der Waals surface area contributed by atoms with Gasteiger partial charge in [0, 0.05) is 29.9 Å². The summed E-state index contributed by atoms with van der Waals surface area (Å²) in [5.74, 6) is 0. The summed E-state index contributed by atoms with van der Waals surface area (Å²) in [6.07, 6.45) is 1.84. The van der Waals surface area contributed by atoms with Crippen LogP contribution in [0.25, 0.3) is 11.3 Å². The van der Waals surface area contributed by atoms with Crippen LogP contribution >= 0.6 is 0 Å². The van der Waals surface area contributed by atoms with E-state index in [1.54, 1.807) is 0 Å². The van der Waals surface area contributed by atoms with Crippen LogP contribution in [0.3, 0.4) is 0 Å². The van der Waals surface area contributed by atoms with E-state index in [1.165, 1.54) is 0 Å². The van der Waals surface area contributed by atoms with Crippen LogP contribution in [0, 0.1) is 6.92 Å². The smallest absolute Gasteiger partial charge is 0.117 e. The molecule has 0 saturated heterocycles. The SMILES string of the molecule is Cc1[nH]ncc1CNCc1n[nH]nc1-c1ccccc1. The van der Waals surface area contributed by atoms with E-state index in [2.05, 4.69) is 30.9 Å². The van der Waals surface area contributed by atoms with Gasteiger partial charge in [0.05, 0.1) is 6.20 Å². The minimum atomic E-state index is 0.658. The Morgan fingerprint density at radius 1 is 1.10 bits per heavy atom. The summed E-state index contributed by atoms with van der Waals surface area (Å²) in [4.78, 5) is 0. The van der Waals surface area contributed by atoms with Gasteiger partial charge in [0.2, 0.25) is 0 Å². The average molecular weight is 268 g/mol. The first-order valence-corrected chi connectivity index (χ1v) is 6.49. The highest BCUT2D eigenvalue weighted by molar-refractivity contribution is 5.60. The van der Waals surface area contributed by atoms with Crippen LogP contribution in [0.4, 0.5) is 0 Å². The lowest BCUT2D eigenvalue weighted by atomic mass is 10.1. The molecule has 0 spiro atoms. The normalized spacial score (nSPS) is 10.8. The Balaban J connectivity index is 1.67. The summed E-state index contributed by atoms with van der Waals surface area (Å²) in [6, 6.07) is 10.0. The van der Waals surface area contributed by atoms with E-state index in [0.29, 0.717) is 6.54 Å². The van der Waals surface area contributed by atoms with Gasteiger partial charge >= 0.3 is 0 Å². The Kier molecular flexibility index (Phi) is 3.56. The number of hydrogen-bond acceptors (Lipinski definition) is 4. The first-order chi connectivity index (χ1) is 9.84. The molecule has 0 atom stereocenters. The summed E-state index contributed by atoms with van der Waals surface area (Å²) in [6.45, 7) is 3.42. The lowest BCUT2D eigenvalue weighted by molar-refractivity contribution is 0.675. The fraction of sp³-hybridized carbons (Fsp3) is 0.214. The largest absolute Gasteiger partial charge is 0.307 e. The highest BCUT2D eigenvalue weighted by Crippen LogP contribution is 2.18. The predicted octanol–water partition coefficient (Wildman–Crippen LogP) is 1.79. The molecular formula is C14H16N6. The Hall–Kier alpha value is -2.47. The number of nitrogens with one attached hydrogen (secondary N) is 3. The zero-order chi connectivity index (χ0) is 13.8. The quantitative estimate of drug-likeness (QED) is 0.659. The number of aromatic amines is 2. The fourth-order valence-electron chi connectivity index (χ4n) is 2.07. The van der Waals surface area contributed by atoms with Gasteiger partial charge < -0.3 is 5.32 Å². The molecule has 20 heavy (non-hydrogen) atoms. The molecule has 0 bridgehead atoms. The maximum atomic E-state index is 4.23. The summed E-state index contributed by atoms with van der Waals surface area (Å²) >= 11 is 0. The van der Waals surface area contributed by atoms with Crippen LogP contribution in [0.1, 0.15) is 17.0 Å². The average Bonchev–Trinajstić information content (AvgIpc) is 3.10. The summed E-state index contributed by atoms with van der Waals surface area (Å²) < 4.78 is 0. The van der Waals surface area contributed by atoms with Gasteiger partial charge in [0.1, 0.15) is 11.4 Å². The molecule has 0 fully saturated rings. The minimum Gasteiger partial charge on any atom is -0.307 e. The standard InChI is InChI=1S/C14H16N6/c1-10-12(8-16-17-10)7-15-9-13-14(19-20-18-13)11-5-3-2-4-6-11/h2-6,8,15H,7,9H2,1H3,(H,16,17)(H,18,19,20). The molecule has 3 aromatic rings. The lowest BCUT2D eigenvalue weighted by Gasteiger charge is -2.03. The van der Waals surface area contributed by atoms with E-state index >= 15 is 0 Å². The van der Waals surface area contributed by atoms with Crippen molar-refractivity contribution in [2.24, 2.45) is 0 Å². The molecule has 0 radical (unpaired) electrons. The first kappa shape index (κ1) is 12.6. The summed E-state index contributed by atoms with van der Waals surface area (Å²) in [5.41, 5.74) is 5.12. The maximum absolute atomic E-state index is 4.23. The number of H-pyrrole nitrogens is 2. The van der Waals surface area contributed by atoms with Crippen molar-refractivity contribution in [3.63, 3.8) is 0 Å². The molecule has 0 unspecified atom stereocenters. The van der Waals surface area contributed by atoms with Gasteiger partial charge in [0.15, 0.2) is 0 Å². The van der Waals surface area contributed by atoms with E-state index in [9.17, 15) is 0 Å². The fourth-order valence-corrected chi connectivity index (χ4v) is 2.07. The predicted molar refractivity (Wildman–Crippen MR) is 75.7 cm³/mol. The van der Waals surface area contributed by atoms with E-state index in [0.717, 1.165) is 34.8 Å². The molecular weight excluding hydrogens is 252 g/mol. The van der Waals surface area contributed by atoms with E-state index < -0.39 is 0 Å². The molecule has 0 aliphatic rings. The lowest BCUT2D eigenvalue weighted by Crippen LogP contribution is -2.14. The number of aryl methyl sites for hydroxylation is 1. The van der Waals surface area contributed by atoms with Crippen LogP contribution in [0.2, 0.25) is 0 Å². The van der Waals surface area contributed by atoms with Gasteiger partial charge in [-0.15, -0.1) is 0 Å². The maximum Gasteiger partial charge on any atom is 0.117 e. The molecule has 0 amide bonds. The van der Waals surface area contributed by atoms with Crippen LogP contribution in [-0.4, -0.2) is 25.6 Å². The highest BCUT2D eigenvalue weighted by atomic mass is 15.3. The number of hydrogen-bond donors (Lipinski definition) is 3. The molecule has 0 saturated carbocycles. The summed E-state index contributed by atoms with van der Waals surface area (Å²) in [5, 5.41) is 21.4. The Morgan fingerprint density at radius 3 is 2.70 bits per heavy atom. The third kappa shape index (κ3) is 2.60. The number of benzene rings is 1. The molecule has 3 rings (SSSR count). The van der Waals surface area contributed by atoms with Crippen molar-refractivity contribution in [2.45, 2.75) is 20.0 Å². The van der Waals surface area contributed by atoms with E-state index in [1.807, 2.05) is 43.5 Å². The Bertz CT molecular complexity index is 670. The van der Waals surface area contributed by atoms with E-state index in [4.69, 9.17) is 0 Å². The van der Waals surface area contributed by atoms with E-state index in [-0.39, 0.29) is 0 Å². The number of rotatable bonds is 5. The molecule has 102 valence electrons. The van der Waals surface area contributed by atoms with Crippen molar-refractivity contribution in [3.8, 4) is 11.3 Å². The van der Waals surface area contributed by atoms with Crippen molar-refractivity contribution in [1.82, 2.24) is 30.9 Å². The zero-order valence-corrected chi connectivity index (χ0v) is 11.2. The molecule has 6 nitrogen and oxygen atoms in total. The van der Waals surface area contributed by atoms with Gasteiger partial charge in [-0.25, -0.2) is 0 Å². The van der Waals surface area contributed by atoms with Gasteiger partial charge in [-0.2, -0.15) is 20.5 Å². The van der Waals surface area contributed by atoms with Crippen LogP contribution < -0.4 is 5.32 Å². The molecule has 2 aromatic heterocycles. The van der Waals surface area contributed by atoms with Gasteiger partial charge in [-0.05, 0) is 6.92 Å². The van der Waals surface area contributed by atoms with Crippen molar-refractivity contribution >= 4 is 0 Å². The third-order valence-electron chi connectivity index (χ3n) is 3.21. The molecule has 6 heteroatoms. The number of nitrogens with zero attached hydrogens (tertiary/aromatic N) is 3. The van der Waals surface area contributed by atoms with Crippen molar-refractivity contribution in [3.05, 3.63) is 53.5 Å². The van der Waals surface area contributed by atoms with Crippen LogP contribution in [0.5, 0.6) is 0 Å². The van der Waals surface area contributed by atoms with Crippen molar-refractivity contribution in [2.75, 3.05) is 0 Å². The third-order valence-corrected chi connectivity index (χ3v) is 3.21. The molecule has 0 aliphatic carbocycles. The van der Waals surface area contributed by atoms with Gasteiger partial charge in [-0.3, -0.25) is 5.10 Å².